The van der Waals surface area contributed by atoms with Gasteiger partial charge in [-0.1, -0.05) is 0 Å². The maximum atomic E-state index is 11.8. The van der Waals surface area contributed by atoms with Crippen LogP contribution in [-0.2, 0) is 15.5 Å². The van der Waals surface area contributed by atoms with E-state index in [1.807, 2.05) is 0 Å². The summed E-state index contributed by atoms with van der Waals surface area (Å²) in [6, 6.07) is 2.75. The topological polar surface area (TPSA) is 76.7 Å². The van der Waals surface area contributed by atoms with Crippen molar-refractivity contribution in [3.05, 3.63) is 17.9 Å². The summed E-state index contributed by atoms with van der Waals surface area (Å²) in [5.41, 5.74) is 0. The van der Waals surface area contributed by atoms with E-state index in [1.54, 1.807) is 0 Å². The molecule has 0 saturated carbocycles. The van der Waals surface area contributed by atoms with Gasteiger partial charge in [-0.3, -0.25) is 4.21 Å². The lowest BCUT2D eigenvalue weighted by molar-refractivity contribution is 0.0656. The van der Waals surface area contributed by atoms with E-state index in [-0.39, 0.29) is 17.0 Å². The van der Waals surface area contributed by atoms with Crippen LogP contribution in [-0.4, -0.2) is 33.7 Å². The number of carboxylic acid groups (broad SMARTS) is 1. The summed E-state index contributed by atoms with van der Waals surface area (Å²) >= 11 is 0. The predicted molar refractivity (Wildman–Crippen MR) is 55.9 cm³/mol. The fraction of sp³-hybridized carbons (Fsp3) is 0.500. The fourth-order valence-electron chi connectivity index (χ4n) is 1.58. The van der Waals surface area contributed by atoms with Crippen molar-refractivity contribution in [3.63, 3.8) is 0 Å². The number of furan rings is 1. The third-order valence-corrected chi connectivity index (χ3v) is 3.72. The molecule has 0 radical (unpaired) electrons. The monoisotopic (exact) mass is 244 g/mol. The molecule has 1 N–H and O–H groups in total. The molecule has 0 spiro atoms. The first-order valence-corrected chi connectivity index (χ1v) is 6.32. The van der Waals surface area contributed by atoms with Gasteiger partial charge in [0, 0.05) is 6.61 Å². The summed E-state index contributed by atoms with van der Waals surface area (Å²) < 4.78 is 22.1. The van der Waals surface area contributed by atoms with Gasteiger partial charge in [0.2, 0.25) is 5.76 Å². The molecule has 1 aliphatic rings. The van der Waals surface area contributed by atoms with Crippen molar-refractivity contribution in [1.82, 2.24) is 0 Å². The van der Waals surface area contributed by atoms with E-state index in [4.69, 9.17) is 14.3 Å². The Morgan fingerprint density at radius 3 is 2.94 bits per heavy atom. The first-order valence-electron chi connectivity index (χ1n) is 5.00. The van der Waals surface area contributed by atoms with E-state index in [2.05, 4.69) is 0 Å². The highest BCUT2D eigenvalue weighted by atomic mass is 32.2. The summed E-state index contributed by atoms with van der Waals surface area (Å²) in [5, 5.41) is 8.85. The summed E-state index contributed by atoms with van der Waals surface area (Å²) in [7, 11) is -1.32. The highest BCUT2D eigenvalue weighted by Gasteiger charge is 2.21. The molecule has 1 aromatic rings. The molecule has 2 unspecified atom stereocenters. The second-order valence-corrected chi connectivity index (χ2v) is 5.00. The highest BCUT2D eigenvalue weighted by Crippen LogP contribution is 2.18. The molecule has 6 heteroatoms. The number of rotatable bonds is 4. The largest absolute Gasteiger partial charge is 0.475 e. The summed E-state index contributed by atoms with van der Waals surface area (Å²) in [6.45, 7) is 0.709. The second kappa shape index (κ2) is 4.80. The van der Waals surface area contributed by atoms with Gasteiger partial charge < -0.3 is 14.3 Å². The SMILES string of the molecule is O=C(O)c1ccc(S(=O)CC2CCCO2)o1. The maximum Gasteiger partial charge on any atom is 0.371 e. The molecule has 0 aliphatic carbocycles. The van der Waals surface area contributed by atoms with Gasteiger partial charge in [-0.25, -0.2) is 4.79 Å². The zero-order valence-corrected chi connectivity index (χ0v) is 9.37. The number of ether oxygens (including phenoxy) is 1. The van der Waals surface area contributed by atoms with Gasteiger partial charge in [0.1, 0.15) is 0 Å². The summed E-state index contributed by atoms with van der Waals surface area (Å²) in [4.78, 5) is 10.6. The van der Waals surface area contributed by atoms with Crippen LogP contribution in [0.5, 0.6) is 0 Å². The van der Waals surface area contributed by atoms with Crippen LogP contribution in [0.25, 0.3) is 0 Å². The lowest BCUT2D eigenvalue weighted by Gasteiger charge is -2.06. The van der Waals surface area contributed by atoms with Gasteiger partial charge in [-0.15, -0.1) is 0 Å². The molecule has 0 amide bonds. The molecule has 2 atom stereocenters. The Morgan fingerprint density at radius 1 is 1.56 bits per heavy atom. The highest BCUT2D eigenvalue weighted by molar-refractivity contribution is 7.84. The van der Waals surface area contributed by atoms with E-state index in [9.17, 15) is 9.00 Å². The summed E-state index contributed by atoms with van der Waals surface area (Å²) in [5.74, 6) is -0.969. The molecule has 88 valence electrons. The van der Waals surface area contributed by atoms with Crippen LogP contribution >= 0.6 is 0 Å². The second-order valence-electron chi connectivity index (χ2n) is 3.57. The van der Waals surface area contributed by atoms with Gasteiger partial charge in [-0.2, -0.15) is 0 Å². The minimum atomic E-state index is -1.32. The lowest BCUT2D eigenvalue weighted by atomic mass is 10.3. The smallest absolute Gasteiger partial charge is 0.371 e. The molecule has 5 nitrogen and oxygen atoms in total. The molecule has 0 aromatic carbocycles. The number of aromatic carboxylic acids is 1. The van der Waals surface area contributed by atoms with E-state index < -0.39 is 16.8 Å². The number of carbonyl (C=O) groups is 1. The quantitative estimate of drug-likeness (QED) is 0.862. The van der Waals surface area contributed by atoms with Crippen molar-refractivity contribution >= 4 is 16.8 Å². The van der Waals surface area contributed by atoms with Gasteiger partial charge in [0.15, 0.2) is 5.09 Å². The average Bonchev–Trinajstić information content (AvgIpc) is 2.86. The third-order valence-electron chi connectivity index (χ3n) is 2.38. The van der Waals surface area contributed by atoms with Crippen LogP contribution in [0.15, 0.2) is 21.6 Å². The minimum absolute atomic E-state index is 0.000730. The average molecular weight is 244 g/mol. The fourth-order valence-corrected chi connectivity index (χ4v) is 2.75. The van der Waals surface area contributed by atoms with Crippen LogP contribution in [0.2, 0.25) is 0 Å². The first-order chi connectivity index (χ1) is 7.66. The molecule has 1 saturated heterocycles. The molecule has 0 bridgehead atoms. The van der Waals surface area contributed by atoms with Crippen molar-refractivity contribution in [2.45, 2.75) is 24.0 Å². The Balaban J connectivity index is 1.99. The van der Waals surface area contributed by atoms with Crippen molar-refractivity contribution in [2.75, 3.05) is 12.4 Å². The van der Waals surface area contributed by atoms with Crippen LogP contribution in [0.3, 0.4) is 0 Å². The first kappa shape index (κ1) is 11.3. The molecule has 1 aliphatic heterocycles. The van der Waals surface area contributed by atoms with Crippen molar-refractivity contribution in [2.24, 2.45) is 0 Å². The van der Waals surface area contributed by atoms with Gasteiger partial charge in [-0.05, 0) is 25.0 Å². The van der Waals surface area contributed by atoms with Crippen molar-refractivity contribution < 1.29 is 23.3 Å². The molecular formula is C10H12O5S. The van der Waals surface area contributed by atoms with Gasteiger partial charge in [0.25, 0.3) is 0 Å². The lowest BCUT2D eigenvalue weighted by Crippen LogP contribution is -2.15. The Morgan fingerprint density at radius 2 is 2.38 bits per heavy atom. The van der Waals surface area contributed by atoms with E-state index >= 15 is 0 Å². The van der Waals surface area contributed by atoms with Gasteiger partial charge in [0.05, 0.1) is 22.7 Å². The summed E-state index contributed by atoms with van der Waals surface area (Å²) in [6.07, 6.45) is 1.89. The Hall–Kier alpha value is -1.14. The Kier molecular flexibility index (Phi) is 3.40. The van der Waals surface area contributed by atoms with Gasteiger partial charge >= 0.3 is 5.97 Å². The Bertz CT molecular complexity index is 405. The maximum absolute atomic E-state index is 11.8. The minimum Gasteiger partial charge on any atom is -0.475 e. The molecule has 2 rings (SSSR count). The molecule has 1 fully saturated rings. The molecule has 2 heterocycles. The van der Waals surface area contributed by atoms with Crippen LogP contribution in [0.4, 0.5) is 0 Å². The zero-order chi connectivity index (χ0) is 11.5. The van der Waals surface area contributed by atoms with Crippen molar-refractivity contribution in [3.8, 4) is 0 Å². The van der Waals surface area contributed by atoms with Crippen LogP contribution in [0, 0.1) is 0 Å². The Labute approximate surface area is 94.9 Å². The zero-order valence-electron chi connectivity index (χ0n) is 8.55. The molecule has 16 heavy (non-hydrogen) atoms. The standard InChI is InChI=1S/C10H12O5S/c11-10(12)8-3-4-9(15-8)16(13)6-7-2-1-5-14-7/h3-4,7H,1-2,5-6H2,(H,11,12). The predicted octanol–water partition coefficient (Wildman–Crippen LogP) is 1.26. The molecule has 1 aromatic heterocycles. The van der Waals surface area contributed by atoms with Crippen LogP contribution < -0.4 is 0 Å². The normalized spacial score (nSPS) is 22.1. The number of hydrogen-bond acceptors (Lipinski definition) is 4. The van der Waals surface area contributed by atoms with E-state index in [1.165, 1.54) is 12.1 Å². The van der Waals surface area contributed by atoms with E-state index in [0.29, 0.717) is 12.4 Å². The third kappa shape index (κ3) is 2.51. The number of carboxylic acids is 1. The van der Waals surface area contributed by atoms with E-state index in [0.717, 1.165) is 12.8 Å². The van der Waals surface area contributed by atoms with Crippen LogP contribution in [0.1, 0.15) is 23.4 Å². The van der Waals surface area contributed by atoms with Crippen molar-refractivity contribution in [1.29, 1.82) is 0 Å². The number of hydrogen-bond donors (Lipinski definition) is 1. The molecular weight excluding hydrogens is 232 g/mol.